The SMILES string of the molecule is CN(C(=O)/C=C/c1cccc(F)c1)c1c(F)cccc1F. The van der Waals surface area contributed by atoms with E-state index >= 15 is 0 Å². The Labute approximate surface area is 120 Å². The highest BCUT2D eigenvalue weighted by atomic mass is 19.1. The summed E-state index contributed by atoms with van der Waals surface area (Å²) in [6, 6.07) is 8.98. The molecule has 0 spiro atoms. The second kappa shape index (κ2) is 6.26. The molecule has 0 aliphatic heterocycles. The van der Waals surface area contributed by atoms with Crippen molar-refractivity contribution in [3.05, 3.63) is 71.6 Å². The minimum absolute atomic E-state index is 0.425. The van der Waals surface area contributed by atoms with Crippen molar-refractivity contribution in [1.82, 2.24) is 0 Å². The van der Waals surface area contributed by atoms with Crippen LogP contribution < -0.4 is 4.90 Å². The lowest BCUT2D eigenvalue weighted by atomic mass is 10.2. The molecule has 0 aromatic heterocycles. The number of likely N-dealkylation sites (N-methyl/N-ethyl adjacent to an activating group) is 1. The molecule has 0 bridgehead atoms. The Bertz CT molecular complexity index is 677. The number of nitrogens with zero attached hydrogens (tertiary/aromatic N) is 1. The predicted molar refractivity (Wildman–Crippen MR) is 75.2 cm³/mol. The summed E-state index contributed by atoms with van der Waals surface area (Å²) >= 11 is 0. The number of carbonyl (C=O) groups excluding carboxylic acids is 1. The number of benzene rings is 2. The first-order valence-electron chi connectivity index (χ1n) is 6.14. The number of amides is 1. The molecule has 1 amide bonds. The molecule has 0 saturated heterocycles. The molecular formula is C16H12F3NO. The summed E-state index contributed by atoms with van der Waals surface area (Å²) in [5.41, 5.74) is 0.0529. The Hall–Kier alpha value is -2.56. The van der Waals surface area contributed by atoms with Crippen LogP contribution in [0.5, 0.6) is 0 Å². The normalized spacial score (nSPS) is 10.9. The van der Waals surface area contributed by atoms with E-state index in [0.29, 0.717) is 5.56 Å². The van der Waals surface area contributed by atoms with Gasteiger partial charge < -0.3 is 4.90 Å². The fourth-order valence-electron chi connectivity index (χ4n) is 1.81. The first-order valence-corrected chi connectivity index (χ1v) is 6.14. The van der Waals surface area contributed by atoms with Gasteiger partial charge in [0.05, 0.1) is 0 Å². The monoisotopic (exact) mass is 291 g/mol. The summed E-state index contributed by atoms with van der Waals surface area (Å²) in [6.45, 7) is 0. The number of carbonyl (C=O) groups is 1. The van der Waals surface area contributed by atoms with Crippen molar-refractivity contribution in [2.75, 3.05) is 11.9 Å². The molecule has 2 aromatic carbocycles. The van der Waals surface area contributed by atoms with Crippen LogP contribution in [-0.2, 0) is 4.79 Å². The highest BCUT2D eigenvalue weighted by molar-refractivity contribution is 6.03. The van der Waals surface area contributed by atoms with E-state index in [1.54, 1.807) is 6.07 Å². The molecule has 0 heterocycles. The summed E-state index contributed by atoms with van der Waals surface area (Å²) in [7, 11) is 1.26. The molecule has 2 aromatic rings. The maximum Gasteiger partial charge on any atom is 0.250 e. The lowest BCUT2D eigenvalue weighted by Crippen LogP contribution is -2.26. The highest BCUT2D eigenvalue weighted by Crippen LogP contribution is 2.22. The van der Waals surface area contributed by atoms with Gasteiger partial charge in [0.1, 0.15) is 23.1 Å². The van der Waals surface area contributed by atoms with Crippen LogP contribution in [0.1, 0.15) is 5.56 Å². The first kappa shape index (κ1) is 14.8. The molecule has 21 heavy (non-hydrogen) atoms. The van der Waals surface area contributed by atoms with E-state index < -0.39 is 29.0 Å². The van der Waals surface area contributed by atoms with Crippen molar-refractivity contribution in [3.63, 3.8) is 0 Å². The van der Waals surface area contributed by atoms with E-state index in [4.69, 9.17) is 0 Å². The zero-order valence-corrected chi connectivity index (χ0v) is 11.2. The van der Waals surface area contributed by atoms with Crippen LogP contribution in [0, 0.1) is 17.5 Å². The number of hydrogen-bond acceptors (Lipinski definition) is 1. The Morgan fingerprint density at radius 2 is 1.67 bits per heavy atom. The van der Waals surface area contributed by atoms with E-state index in [2.05, 4.69) is 0 Å². The predicted octanol–water partition coefficient (Wildman–Crippen LogP) is 3.78. The molecule has 0 N–H and O–H groups in total. The van der Waals surface area contributed by atoms with Crippen LogP contribution >= 0.6 is 0 Å². The summed E-state index contributed by atoms with van der Waals surface area (Å²) in [6.07, 6.45) is 2.50. The van der Waals surface area contributed by atoms with Gasteiger partial charge in [-0.05, 0) is 35.9 Å². The van der Waals surface area contributed by atoms with Crippen molar-refractivity contribution in [3.8, 4) is 0 Å². The van der Waals surface area contributed by atoms with Crippen LogP contribution in [0.4, 0.5) is 18.9 Å². The third kappa shape index (κ3) is 3.51. The third-order valence-corrected chi connectivity index (χ3v) is 2.87. The minimum atomic E-state index is -0.829. The van der Waals surface area contributed by atoms with Crippen LogP contribution in [0.25, 0.3) is 6.08 Å². The Kier molecular flexibility index (Phi) is 4.42. The average molecular weight is 291 g/mol. The lowest BCUT2D eigenvalue weighted by Gasteiger charge is -2.16. The van der Waals surface area contributed by atoms with Crippen LogP contribution in [-0.4, -0.2) is 13.0 Å². The standard InChI is InChI=1S/C16H12F3NO/c1-20(16-13(18)6-3-7-14(16)19)15(21)9-8-11-4-2-5-12(17)10-11/h2-10H,1H3/b9-8+. The smallest absolute Gasteiger partial charge is 0.250 e. The summed E-state index contributed by atoms with van der Waals surface area (Å²) in [4.78, 5) is 12.8. The quantitative estimate of drug-likeness (QED) is 0.788. The molecule has 0 unspecified atom stereocenters. The highest BCUT2D eigenvalue weighted by Gasteiger charge is 2.16. The minimum Gasteiger partial charge on any atom is -0.307 e. The van der Waals surface area contributed by atoms with E-state index in [1.165, 1.54) is 37.4 Å². The van der Waals surface area contributed by atoms with Crippen molar-refractivity contribution in [2.24, 2.45) is 0 Å². The van der Waals surface area contributed by atoms with E-state index in [-0.39, 0.29) is 0 Å². The largest absolute Gasteiger partial charge is 0.307 e. The van der Waals surface area contributed by atoms with Crippen molar-refractivity contribution < 1.29 is 18.0 Å². The molecule has 0 radical (unpaired) electrons. The third-order valence-electron chi connectivity index (χ3n) is 2.87. The molecule has 0 aliphatic carbocycles. The number of halogens is 3. The Morgan fingerprint density at radius 1 is 1.05 bits per heavy atom. The number of rotatable bonds is 3. The van der Waals surface area contributed by atoms with Gasteiger partial charge in [0, 0.05) is 13.1 Å². The molecule has 108 valence electrons. The summed E-state index contributed by atoms with van der Waals surface area (Å²) in [5, 5.41) is 0. The van der Waals surface area contributed by atoms with Crippen LogP contribution in [0.15, 0.2) is 48.5 Å². The lowest BCUT2D eigenvalue weighted by molar-refractivity contribution is -0.113. The van der Waals surface area contributed by atoms with Gasteiger partial charge in [-0.3, -0.25) is 4.79 Å². The van der Waals surface area contributed by atoms with Gasteiger partial charge in [0.2, 0.25) is 0 Å². The van der Waals surface area contributed by atoms with Gasteiger partial charge >= 0.3 is 0 Å². The number of anilines is 1. The maximum absolute atomic E-state index is 13.6. The Morgan fingerprint density at radius 3 is 2.29 bits per heavy atom. The molecule has 0 atom stereocenters. The Balaban J connectivity index is 2.20. The van der Waals surface area contributed by atoms with Crippen molar-refractivity contribution >= 4 is 17.7 Å². The van der Waals surface area contributed by atoms with Gasteiger partial charge in [0.15, 0.2) is 0 Å². The maximum atomic E-state index is 13.6. The summed E-state index contributed by atoms with van der Waals surface area (Å²) < 4.78 is 40.1. The zero-order valence-electron chi connectivity index (χ0n) is 11.2. The fourth-order valence-corrected chi connectivity index (χ4v) is 1.81. The number of hydrogen-bond donors (Lipinski definition) is 0. The second-order valence-corrected chi connectivity index (χ2v) is 4.36. The molecule has 2 nitrogen and oxygen atoms in total. The van der Waals surface area contributed by atoms with Crippen LogP contribution in [0.3, 0.4) is 0 Å². The average Bonchev–Trinajstić information content (AvgIpc) is 2.44. The molecule has 0 saturated carbocycles. The zero-order chi connectivity index (χ0) is 15.4. The topological polar surface area (TPSA) is 20.3 Å². The van der Waals surface area contributed by atoms with E-state index in [1.807, 2.05) is 0 Å². The molecule has 0 aliphatic rings. The summed E-state index contributed by atoms with van der Waals surface area (Å²) in [5.74, 6) is -2.71. The first-order chi connectivity index (χ1) is 9.99. The molecule has 0 fully saturated rings. The van der Waals surface area contributed by atoms with Crippen LogP contribution in [0.2, 0.25) is 0 Å². The van der Waals surface area contributed by atoms with Crippen molar-refractivity contribution in [2.45, 2.75) is 0 Å². The van der Waals surface area contributed by atoms with Gasteiger partial charge in [-0.2, -0.15) is 0 Å². The van der Waals surface area contributed by atoms with Crippen molar-refractivity contribution in [1.29, 1.82) is 0 Å². The fraction of sp³-hybridized carbons (Fsp3) is 0.0625. The van der Waals surface area contributed by atoms with Gasteiger partial charge in [0.25, 0.3) is 5.91 Å². The van der Waals surface area contributed by atoms with Gasteiger partial charge in [-0.1, -0.05) is 18.2 Å². The second-order valence-electron chi connectivity index (χ2n) is 4.36. The number of para-hydroxylation sites is 1. The molecule has 5 heteroatoms. The van der Waals surface area contributed by atoms with E-state index in [0.717, 1.165) is 23.1 Å². The molecular weight excluding hydrogens is 279 g/mol. The molecule has 2 rings (SSSR count). The van der Waals surface area contributed by atoms with Gasteiger partial charge in [-0.25, -0.2) is 13.2 Å². The van der Waals surface area contributed by atoms with Gasteiger partial charge in [-0.15, -0.1) is 0 Å². The van der Waals surface area contributed by atoms with E-state index in [9.17, 15) is 18.0 Å².